The summed E-state index contributed by atoms with van der Waals surface area (Å²) in [5.41, 5.74) is 5.86. The van der Waals surface area contributed by atoms with Crippen molar-refractivity contribution >= 4 is 21.7 Å². The maximum atomic E-state index is 13.1. The van der Waals surface area contributed by atoms with Crippen LogP contribution in [0.15, 0.2) is 22.7 Å². The molecule has 2 nitrogen and oxygen atoms in total. The molecule has 0 aromatic heterocycles. The first-order valence-corrected chi connectivity index (χ1v) is 6.48. The van der Waals surface area contributed by atoms with Crippen molar-refractivity contribution in [1.82, 2.24) is 0 Å². The van der Waals surface area contributed by atoms with Crippen molar-refractivity contribution in [3.8, 4) is 0 Å². The Hall–Kier alpha value is -0.740. The van der Waals surface area contributed by atoms with Crippen LogP contribution >= 0.6 is 15.9 Å². The molecule has 4 heteroatoms. The number of carbonyl (C=O) groups is 1. The van der Waals surface area contributed by atoms with Crippen molar-refractivity contribution in [3.63, 3.8) is 0 Å². The van der Waals surface area contributed by atoms with Gasteiger partial charge in [0.05, 0.1) is 5.54 Å². The highest BCUT2D eigenvalue weighted by atomic mass is 79.9. The van der Waals surface area contributed by atoms with Crippen LogP contribution in [0.4, 0.5) is 4.39 Å². The van der Waals surface area contributed by atoms with Crippen molar-refractivity contribution in [2.45, 2.75) is 38.6 Å². The Morgan fingerprint density at radius 2 is 2.00 bits per heavy atom. The van der Waals surface area contributed by atoms with Gasteiger partial charge in [-0.25, -0.2) is 4.39 Å². The zero-order valence-corrected chi connectivity index (χ0v) is 11.7. The zero-order chi connectivity index (χ0) is 13.1. The van der Waals surface area contributed by atoms with E-state index in [9.17, 15) is 9.18 Å². The van der Waals surface area contributed by atoms with E-state index < -0.39 is 5.54 Å². The lowest BCUT2D eigenvalue weighted by molar-refractivity contribution is -0.123. The van der Waals surface area contributed by atoms with E-state index in [4.69, 9.17) is 5.73 Å². The lowest BCUT2D eigenvalue weighted by Crippen LogP contribution is -2.47. The van der Waals surface area contributed by atoms with Crippen molar-refractivity contribution in [3.05, 3.63) is 34.1 Å². The molecule has 0 amide bonds. The number of halogens is 2. The van der Waals surface area contributed by atoms with Gasteiger partial charge in [-0.2, -0.15) is 0 Å². The van der Waals surface area contributed by atoms with Crippen LogP contribution < -0.4 is 5.73 Å². The monoisotopic (exact) mass is 301 g/mol. The number of ketones is 1. The lowest BCUT2D eigenvalue weighted by Gasteiger charge is -2.25. The topological polar surface area (TPSA) is 43.1 Å². The molecule has 0 spiro atoms. The molecule has 94 valence electrons. The van der Waals surface area contributed by atoms with E-state index in [-0.39, 0.29) is 18.0 Å². The lowest BCUT2D eigenvalue weighted by atomic mass is 9.86. The van der Waals surface area contributed by atoms with Crippen molar-refractivity contribution < 1.29 is 9.18 Å². The Kier molecular flexibility index (Phi) is 4.83. The summed E-state index contributed by atoms with van der Waals surface area (Å²) < 4.78 is 13.8. The molecule has 2 N–H and O–H groups in total. The number of rotatable bonds is 5. The molecule has 0 aliphatic carbocycles. The normalized spacial score (nSPS) is 11.6. The van der Waals surface area contributed by atoms with Gasteiger partial charge in [0, 0.05) is 10.9 Å². The van der Waals surface area contributed by atoms with Gasteiger partial charge in [-0.3, -0.25) is 4.79 Å². The molecule has 0 aliphatic heterocycles. The van der Waals surface area contributed by atoms with Crippen LogP contribution in [0.1, 0.15) is 32.3 Å². The third-order valence-corrected chi connectivity index (χ3v) is 3.95. The van der Waals surface area contributed by atoms with E-state index >= 15 is 0 Å². The highest BCUT2D eigenvalue weighted by Crippen LogP contribution is 2.22. The summed E-state index contributed by atoms with van der Waals surface area (Å²) in [4.78, 5) is 12.1. The van der Waals surface area contributed by atoms with Crippen LogP contribution in [-0.4, -0.2) is 11.3 Å². The Bertz CT molecular complexity index is 416. The molecule has 17 heavy (non-hydrogen) atoms. The van der Waals surface area contributed by atoms with Gasteiger partial charge in [-0.15, -0.1) is 0 Å². The Balaban J connectivity index is 2.91. The molecule has 1 rings (SSSR count). The highest BCUT2D eigenvalue weighted by Gasteiger charge is 2.29. The quantitative estimate of drug-likeness (QED) is 0.907. The van der Waals surface area contributed by atoms with Crippen molar-refractivity contribution in [2.24, 2.45) is 5.73 Å². The second-order valence-electron chi connectivity index (χ2n) is 4.20. The van der Waals surface area contributed by atoms with Gasteiger partial charge >= 0.3 is 0 Å². The van der Waals surface area contributed by atoms with Crippen LogP contribution in [-0.2, 0) is 11.2 Å². The molecular weight excluding hydrogens is 285 g/mol. The molecule has 1 aromatic carbocycles. The van der Waals surface area contributed by atoms with E-state index in [1.165, 1.54) is 12.1 Å². The van der Waals surface area contributed by atoms with Crippen LogP contribution in [0.2, 0.25) is 0 Å². The summed E-state index contributed by atoms with van der Waals surface area (Å²) in [6.45, 7) is 3.78. The molecule has 1 aromatic rings. The number of benzene rings is 1. The predicted molar refractivity (Wildman–Crippen MR) is 70.3 cm³/mol. The summed E-state index contributed by atoms with van der Waals surface area (Å²) in [6, 6.07) is 4.33. The molecule has 0 saturated carbocycles. The summed E-state index contributed by atoms with van der Waals surface area (Å²) >= 11 is 3.31. The standard InChI is InChI=1S/C13H17BrFNO/c1-3-13(16,4-2)12(17)8-9-7-10(15)5-6-11(9)14/h5-7H,3-4,8,16H2,1-2H3. The van der Waals surface area contributed by atoms with Crippen LogP contribution in [0.5, 0.6) is 0 Å². The highest BCUT2D eigenvalue weighted by molar-refractivity contribution is 9.10. The molecule has 0 radical (unpaired) electrons. The van der Waals surface area contributed by atoms with Crippen LogP contribution in [0.25, 0.3) is 0 Å². The van der Waals surface area contributed by atoms with Gasteiger partial charge in [-0.1, -0.05) is 29.8 Å². The summed E-state index contributed by atoms with van der Waals surface area (Å²) in [6.07, 6.45) is 1.35. The molecule has 0 fully saturated rings. The van der Waals surface area contributed by atoms with Crippen molar-refractivity contribution in [2.75, 3.05) is 0 Å². The maximum Gasteiger partial charge on any atom is 0.157 e. The molecule has 0 aliphatic rings. The zero-order valence-electron chi connectivity index (χ0n) is 10.1. The minimum absolute atomic E-state index is 0.0474. The Labute approximate surface area is 110 Å². The van der Waals surface area contributed by atoms with Gasteiger partial charge < -0.3 is 5.73 Å². The van der Waals surface area contributed by atoms with Gasteiger partial charge in [-0.05, 0) is 36.6 Å². The van der Waals surface area contributed by atoms with Crippen molar-refractivity contribution in [1.29, 1.82) is 0 Å². The number of hydrogen-bond acceptors (Lipinski definition) is 2. The molecule has 0 saturated heterocycles. The van der Waals surface area contributed by atoms with Crippen LogP contribution in [0.3, 0.4) is 0 Å². The number of Topliss-reactive ketones (excluding diaryl/α,β-unsaturated/α-hetero) is 1. The third kappa shape index (κ3) is 3.36. The average Bonchev–Trinajstić information content (AvgIpc) is 2.32. The first kappa shape index (κ1) is 14.3. The third-order valence-electron chi connectivity index (χ3n) is 3.18. The SMILES string of the molecule is CCC(N)(CC)C(=O)Cc1cc(F)ccc1Br. The molecule has 0 bridgehead atoms. The molecule has 0 unspecified atom stereocenters. The number of hydrogen-bond donors (Lipinski definition) is 1. The fourth-order valence-corrected chi connectivity index (χ4v) is 2.06. The minimum atomic E-state index is -0.800. The van der Waals surface area contributed by atoms with Gasteiger partial charge in [0.1, 0.15) is 5.82 Å². The van der Waals surface area contributed by atoms with E-state index in [1.54, 1.807) is 6.07 Å². The smallest absolute Gasteiger partial charge is 0.157 e. The van der Waals surface area contributed by atoms with Gasteiger partial charge in [0.2, 0.25) is 0 Å². The predicted octanol–water partition coefficient (Wildman–Crippen LogP) is 3.22. The van der Waals surface area contributed by atoms with Gasteiger partial charge in [0.15, 0.2) is 5.78 Å². The summed E-state index contributed by atoms with van der Waals surface area (Å²) in [5, 5.41) is 0. The van der Waals surface area contributed by atoms with E-state index in [0.717, 1.165) is 4.47 Å². The first-order chi connectivity index (χ1) is 7.92. The Morgan fingerprint density at radius 1 is 1.41 bits per heavy atom. The molecule has 0 atom stereocenters. The Morgan fingerprint density at radius 3 is 2.53 bits per heavy atom. The van der Waals surface area contributed by atoms with E-state index in [0.29, 0.717) is 18.4 Å². The second-order valence-corrected chi connectivity index (χ2v) is 5.05. The summed E-state index contributed by atoms with van der Waals surface area (Å²) in [7, 11) is 0. The van der Waals surface area contributed by atoms with E-state index in [2.05, 4.69) is 15.9 Å². The maximum absolute atomic E-state index is 13.1. The fraction of sp³-hybridized carbons (Fsp3) is 0.462. The number of nitrogens with two attached hydrogens (primary N) is 1. The first-order valence-electron chi connectivity index (χ1n) is 5.69. The second kappa shape index (κ2) is 5.74. The minimum Gasteiger partial charge on any atom is -0.319 e. The fourth-order valence-electron chi connectivity index (χ4n) is 1.67. The number of carbonyl (C=O) groups excluding carboxylic acids is 1. The van der Waals surface area contributed by atoms with Gasteiger partial charge in [0.25, 0.3) is 0 Å². The summed E-state index contributed by atoms with van der Waals surface area (Å²) in [5.74, 6) is -0.389. The molecular formula is C13H17BrFNO. The molecule has 0 heterocycles. The average molecular weight is 302 g/mol. The van der Waals surface area contributed by atoms with E-state index in [1.807, 2.05) is 13.8 Å². The largest absolute Gasteiger partial charge is 0.319 e. The van der Waals surface area contributed by atoms with Crippen LogP contribution in [0, 0.1) is 5.82 Å².